The van der Waals surface area contributed by atoms with E-state index in [1.165, 1.54) is 5.32 Å². The first-order valence-corrected chi connectivity index (χ1v) is 3.67. The van der Waals surface area contributed by atoms with Crippen LogP contribution in [0.3, 0.4) is 0 Å². The van der Waals surface area contributed by atoms with Crippen LogP contribution in [0.4, 0.5) is 4.79 Å². The molecule has 2 amide bonds. The number of primary amides is 1. The molecule has 0 aromatic heterocycles. The molecule has 0 bridgehead atoms. The number of urea groups is 1. The third kappa shape index (κ3) is 3.78. The van der Waals surface area contributed by atoms with Crippen molar-refractivity contribution in [2.45, 2.75) is 13.8 Å². The molecule has 0 aliphatic rings. The van der Waals surface area contributed by atoms with Crippen LogP contribution < -0.4 is 5.32 Å². The van der Waals surface area contributed by atoms with Crippen molar-refractivity contribution in [1.29, 1.82) is 0 Å². The Labute approximate surface area is 68.1 Å². The van der Waals surface area contributed by atoms with Gasteiger partial charge in [0, 0.05) is 13.1 Å². The number of likely N-dealkylation sites (N-methyl/N-ethyl adjacent to an activating group) is 1. The van der Waals surface area contributed by atoms with Crippen LogP contribution in [0.25, 0.3) is 0 Å². The van der Waals surface area contributed by atoms with Crippen molar-refractivity contribution in [3.05, 3.63) is 19.2 Å². The number of hydrogen-bond donors (Lipinski definition) is 1. The number of rotatable bonds is 3. The summed E-state index contributed by atoms with van der Waals surface area (Å²) in [7, 11) is 3.42. The molecule has 0 radical (unpaired) electrons. The fraction of sp³-hybridized carbons (Fsp3) is 0.500. The Bertz CT molecular complexity index is 154. The van der Waals surface area contributed by atoms with Gasteiger partial charge in [0.25, 0.3) is 0 Å². The zero-order chi connectivity index (χ0) is 8.85. The van der Waals surface area contributed by atoms with Gasteiger partial charge in [0.2, 0.25) is 0 Å². The highest BCUT2D eigenvalue weighted by molar-refractivity contribution is 5.63. The Morgan fingerprint density at radius 2 is 2.27 bits per heavy atom. The maximum atomic E-state index is 11.0. The first-order valence-electron chi connectivity index (χ1n) is 3.67. The van der Waals surface area contributed by atoms with E-state index in [2.05, 4.69) is 13.6 Å². The van der Waals surface area contributed by atoms with Crippen LogP contribution in [0.5, 0.6) is 0 Å². The maximum Gasteiger partial charge on any atom is 0.389 e. The van der Waals surface area contributed by atoms with Crippen molar-refractivity contribution in [3.63, 3.8) is 0 Å². The summed E-state index contributed by atoms with van der Waals surface area (Å²) in [4.78, 5) is 12.7. The standard InChI is InChI=1S/C8H16N2O/c1-5-10(6-7(2)3)8(11)9-4/h2,4-6,9H2,1,3H3. The molecule has 3 nitrogen and oxygen atoms in total. The molecule has 64 valence electrons. The van der Waals surface area contributed by atoms with Gasteiger partial charge >= 0.3 is 6.03 Å². The average Bonchev–Trinajstić information content (AvgIpc) is 1.98. The number of quaternary nitrogens is 1. The largest absolute Gasteiger partial charge is 0.395 e. The lowest BCUT2D eigenvalue weighted by molar-refractivity contribution is -0.497. The van der Waals surface area contributed by atoms with E-state index in [4.69, 9.17) is 0 Å². The Morgan fingerprint density at radius 3 is 2.55 bits per heavy atom. The van der Waals surface area contributed by atoms with Crippen LogP contribution in [0.1, 0.15) is 13.8 Å². The minimum Gasteiger partial charge on any atom is -0.395 e. The third-order valence-corrected chi connectivity index (χ3v) is 1.33. The van der Waals surface area contributed by atoms with E-state index in [1.807, 2.05) is 13.8 Å². The molecule has 0 saturated carbocycles. The van der Waals surface area contributed by atoms with Crippen molar-refractivity contribution < 1.29 is 10.1 Å². The second kappa shape index (κ2) is 4.91. The van der Waals surface area contributed by atoms with Crippen molar-refractivity contribution >= 4 is 6.03 Å². The van der Waals surface area contributed by atoms with Crippen LogP contribution >= 0.6 is 0 Å². The fourth-order valence-electron chi connectivity index (χ4n) is 0.800. The lowest BCUT2D eigenvalue weighted by Crippen LogP contribution is -2.84. The average molecular weight is 156 g/mol. The third-order valence-electron chi connectivity index (χ3n) is 1.33. The predicted octanol–water partition coefficient (Wildman–Crippen LogP) is 0.359. The van der Waals surface area contributed by atoms with Crippen LogP contribution in [-0.4, -0.2) is 24.0 Å². The number of hydrogen-bond acceptors (Lipinski definition) is 1. The molecule has 0 saturated heterocycles. The minimum atomic E-state index is -0.0319. The molecule has 0 heterocycles. The van der Waals surface area contributed by atoms with Gasteiger partial charge in [-0.05, 0) is 13.8 Å². The Morgan fingerprint density at radius 1 is 1.73 bits per heavy atom. The summed E-state index contributed by atoms with van der Waals surface area (Å²) in [5.41, 5.74) is 0.988. The monoisotopic (exact) mass is 156 g/mol. The molecule has 2 N–H and O–H groups in total. The van der Waals surface area contributed by atoms with Crippen molar-refractivity contribution in [2.75, 3.05) is 13.1 Å². The molecule has 0 unspecified atom stereocenters. The summed E-state index contributed by atoms with van der Waals surface area (Å²) in [6.45, 7) is 8.90. The normalized spacial score (nSPS) is 9.36. The van der Waals surface area contributed by atoms with Crippen LogP contribution in [-0.2, 0) is 0 Å². The van der Waals surface area contributed by atoms with Crippen molar-refractivity contribution in [3.8, 4) is 0 Å². The highest BCUT2D eigenvalue weighted by atomic mass is 16.2. The molecular weight excluding hydrogens is 140 g/mol. The molecule has 11 heavy (non-hydrogen) atoms. The molecule has 0 rings (SSSR count). The van der Waals surface area contributed by atoms with E-state index < -0.39 is 0 Å². The van der Waals surface area contributed by atoms with Gasteiger partial charge in [-0.15, -0.1) is 7.05 Å². The summed E-state index contributed by atoms with van der Waals surface area (Å²) in [5.74, 6) is 0. The first kappa shape index (κ1) is 10.2. The Kier molecular flexibility index (Phi) is 4.54. The van der Waals surface area contributed by atoms with E-state index in [0.717, 1.165) is 5.57 Å². The molecule has 0 spiro atoms. The molecule has 0 aliphatic heterocycles. The van der Waals surface area contributed by atoms with Gasteiger partial charge < -0.3 is 5.32 Å². The predicted molar refractivity (Wildman–Crippen MR) is 44.7 cm³/mol. The molecule has 0 atom stereocenters. The molecule has 0 aliphatic carbocycles. The quantitative estimate of drug-likeness (QED) is 0.465. The van der Waals surface area contributed by atoms with Gasteiger partial charge in [-0.3, -0.25) is 4.90 Å². The molecule has 0 fully saturated rings. The molecule has 0 aromatic carbocycles. The molecule has 0 aromatic rings. The summed E-state index contributed by atoms with van der Waals surface area (Å²) < 4.78 is 0. The van der Waals surface area contributed by atoms with Gasteiger partial charge in [0.05, 0.1) is 0 Å². The first-order chi connectivity index (χ1) is 5.11. The molecule has 3 heteroatoms. The topological polar surface area (TPSA) is 36.9 Å². The Balaban J connectivity index is 3.94. The second-order valence-corrected chi connectivity index (χ2v) is 2.51. The SMILES string of the molecule is C=C(C)CN(CC)C(=O)[NH2+][CH2-]. The summed E-state index contributed by atoms with van der Waals surface area (Å²) >= 11 is 0. The van der Waals surface area contributed by atoms with Crippen LogP contribution in [0, 0.1) is 7.05 Å². The maximum absolute atomic E-state index is 11.0. The highest BCUT2D eigenvalue weighted by Crippen LogP contribution is 1.93. The van der Waals surface area contributed by atoms with Crippen molar-refractivity contribution in [2.24, 2.45) is 0 Å². The van der Waals surface area contributed by atoms with Crippen molar-refractivity contribution in [1.82, 2.24) is 4.90 Å². The Hall–Kier alpha value is -0.830. The van der Waals surface area contributed by atoms with Gasteiger partial charge in [0.15, 0.2) is 0 Å². The van der Waals surface area contributed by atoms with Gasteiger partial charge in [-0.1, -0.05) is 12.2 Å². The van der Waals surface area contributed by atoms with E-state index in [-0.39, 0.29) is 6.03 Å². The summed E-state index contributed by atoms with van der Waals surface area (Å²) in [6, 6.07) is -0.0319. The number of nitrogens with two attached hydrogens (primary N) is 1. The van der Waals surface area contributed by atoms with Gasteiger partial charge in [0.1, 0.15) is 0 Å². The number of carbonyl (C=O) groups excluding carboxylic acids is 1. The lowest BCUT2D eigenvalue weighted by atomic mass is 10.3. The molecular formula is C8H16N2O. The minimum absolute atomic E-state index is 0.0319. The second-order valence-electron chi connectivity index (χ2n) is 2.51. The van der Waals surface area contributed by atoms with E-state index in [9.17, 15) is 4.79 Å². The highest BCUT2D eigenvalue weighted by Gasteiger charge is 2.09. The van der Waals surface area contributed by atoms with E-state index >= 15 is 0 Å². The smallest absolute Gasteiger partial charge is 0.389 e. The lowest BCUT2D eigenvalue weighted by Gasteiger charge is -2.18. The van der Waals surface area contributed by atoms with Crippen LogP contribution in [0.15, 0.2) is 12.2 Å². The van der Waals surface area contributed by atoms with E-state index in [1.54, 1.807) is 4.90 Å². The fourth-order valence-corrected chi connectivity index (χ4v) is 0.800. The summed E-state index contributed by atoms with van der Waals surface area (Å²) in [6.07, 6.45) is 0. The zero-order valence-electron chi connectivity index (χ0n) is 7.26. The van der Waals surface area contributed by atoms with E-state index in [0.29, 0.717) is 13.1 Å². The number of nitrogens with zero attached hydrogens (tertiary/aromatic N) is 1. The number of amides is 2. The number of carbonyl (C=O) groups is 1. The van der Waals surface area contributed by atoms with Gasteiger partial charge in [-0.2, -0.15) is 0 Å². The van der Waals surface area contributed by atoms with Crippen LogP contribution in [0.2, 0.25) is 0 Å². The summed E-state index contributed by atoms with van der Waals surface area (Å²) in [5, 5.41) is 1.33. The zero-order valence-corrected chi connectivity index (χ0v) is 7.26. The van der Waals surface area contributed by atoms with Gasteiger partial charge in [-0.25, -0.2) is 4.79 Å².